The first-order valence-electron chi connectivity index (χ1n) is 10.9. The van der Waals surface area contributed by atoms with Crippen molar-refractivity contribution in [3.63, 3.8) is 0 Å². The van der Waals surface area contributed by atoms with Crippen LogP contribution in [0.5, 0.6) is 11.5 Å². The highest BCUT2D eigenvalue weighted by atomic mass is 32.2. The first-order chi connectivity index (χ1) is 15.7. The van der Waals surface area contributed by atoms with Crippen molar-refractivity contribution >= 4 is 25.7 Å². The Morgan fingerprint density at radius 3 is 2.41 bits per heavy atom. The van der Waals surface area contributed by atoms with E-state index in [1.54, 1.807) is 12.4 Å². The standard InChI is InChI=1S/C25H26BN3O2S/c26-24(17-19-6-7-19)28-25(30)23(16-18-4-2-1-3-5-18)29-32-22-10-8-20(9-11-22)31-21-12-14-27-15-13-21/h1-5,8-15,19,23-24,29H,6-7,16-17H2,(H,28,30)/t23-,24?/m0/s1. The molecular weight excluding hydrogens is 417 g/mol. The van der Waals surface area contributed by atoms with Crippen LogP contribution < -0.4 is 14.8 Å². The fraction of sp³-hybridized carbons (Fsp3) is 0.280. The van der Waals surface area contributed by atoms with E-state index in [2.05, 4.69) is 15.0 Å². The number of hydrogen-bond acceptors (Lipinski definition) is 5. The molecule has 0 spiro atoms. The van der Waals surface area contributed by atoms with Crippen molar-refractivity contribution in [1.29, 1.82) is 0 Å². The first kappa shape index (κ1) is 22.4. The Morgan fingerprint density at radius 2 is 1.72 bits per heavy atom. The second-order valence-electron chi connectivity index (χ2n) is 8.01. The van der Waals surface area contributed by atoms with Gasteiger partial charge in [-0.3, -0.25) is 9.78 Å². The van der Waals surface area contributed by atoms with Gasteiger partial charge in [0.1, 0.15) is 17.5 Å². The van der Waals surface area contributed by atoms with Crippen LogP contribution in [0.25, 0.3) is 0 Å². The third kappa shape index (κ3) is 7.14. The molecule has 162 valence electrons. The molecule has 1 fully saturated rings. The minimum Gasteiger partial charge on any atom is -0.457 e. The summed E-state index contributed by atoms with van der Waals surface area (Å²) in [5.74, 6) is 1.76. The van der Waals surface area contributed by atoms with Gasteiger partial charge < -0.3 is 10.1 Å². The van der Waals surface area contributed by atoms with Crippen LogP contribution in [0.1, 0.15) is 24.8 Å². The number of aromatic nitrogens is 1. The van der Waals surface area contributed by atoms with E-state index in [1.165, 1.54) is 24.8 Å². The van der Waals surface area contributed by atoms with E-state index in [-0.39, 0.29) is 11.8 Å². The predicted molar refractivity (Wildman–Crippen MR) is 129 cm³/mol. The molecule has 2 atom stereocenters. The van der Waals surface area contributed by atoms with Crippen molar-refractivity contribution in [2.75, 3.05) is 0 Å². The number of pyridine rings is 1. The highest BCUT2D eigenvalue weighted by molar-refractivity contribution is 7.97. The first-order valence-corrected chi connectivity index (χ1v) is 11.7. The monoisotopic (exact) mass is 443 g/mol. The molecule has 1 aromatic heterocycles. The van der Waals surface area contributed by atoms with Crippen molar-refractivity contribution in [3.8, 4) is 11.5 Å². The Morgan fingerprint density at radius 1 is 1.03 bits per heavy atom. The van der Waals surface area contributed by atoms with Gasteiger partial charge in [-0.2, -0.15) is 0 Å². The van der Waals surface area contributed by atoms with Crippen LogP contribution >= 0.6 is 11.9 Å². The average Bonchev–Trinajstić information content (AvgIpc) is 3.63. The summed E-state index contributed by atoms with van der Waals surface area (Å²) < 4.78 is 9.14. The molecule has 4 rings (SSSR count). The quantitative estimate of drug-likeness (QED) is 0.338. The molecule has 1 aliphatic carbocycles. The van der Waals surface area contributed by atoms with Crippen molar-refractivity contribution in [1.82, 2.24) is 15.0 Å². The summed E-state index contributed by atoms with van der Waals surface area (Å²) in [7, 11) is 6.15. The molecule has 1 aliphatic rings. The molecule has 2 radical (unpaired) electrons. The number of nitrogens with one attached hydrogen (secondary N) is 2. The van der Waals surface area contributed by atoms with E-state index in [1.807, 2.05) is 66.7 Å². The molecule has 1 unspecified atom stereocenters. The third-order valence-electron chi connectivity index (χ3n) is 5.24. The summed E-state index contributed by atoms with van der Waals surface area (Å²) in [6.45, 7) is 0. The topological polar surface area (TPSA) is 63.2 Å². The summed E-state index contributed by atoms with van der Waals surface area (Å²) >= 11 is 1.43. The van der Waals surface area contributed by atoms with Crippen LogP contribution in [0.4, 0.5) is 0 Å². The molecule has 32 heavy (non-hydrogen) atoms. The van der Waals surface area contributed by atoms with Crippen molar-refractivity contribution in [3.05, 3.63) is 84.7 Å². The van der Waals surface area contributed by atoms with Crippen LogP contribution in [-0.4, -0.2) is 30.7 Å². The highest BCUT2D eigenvalue weighted by Gasteiger charge is 2.26. The van der Waals surface area contributed by atoms with E-state index < -0.39 is 6.04 Å². The third-order valence-corrected chi connectivity index (χ3v) is 6.15. The summed E-state index contributed by atoms with van der Waals surface area (Å²) in [4.78, 5) is 17.9. The van der Waals surface area contributed by atoms with Gasteiger partial charge in [0, 0.05) is 17.3 Å². The Balaban J connectivity index is 1.35. The van der Waals surface area contributed by atoms with E-state index in [4.69, 9.17) is 12.6 Å². The van der Waals surface area contributed by atoms with Gasteiger partial charge in [0.05, 0.1) is 7.85 Å². The van der Waals surface area contributed by atoms with E-state index in [0.717, 1.165) is 28.4 Å². The van der Waals surface area contributed by atoms with Gasteiger partial charge in [0.2, 0.25) is 5.91 Å². The van der Waals surface area contributed by atoms with Crippen molar-refractivity contribution < 1.29 is 9.53 Å². The lowest BCUT2D eigenvalue weighted by atomic mass is 9.90. The van der Waals surface area contributed by atoms with Gasteiger partial charge in [-0.15, -0.1) is 0 Å². The number of hydrogen-bond donors (Lipinski definition) is 2. The lowest BCUT2D eigenvalue weighted by molar-refractivity contribution is -0.122. The molecular formula is C25H26BN3O2S. The molecule has 3 aromatic rings. The van der Waals surface area contributed by atoms with Gasteiger partial charge in [0.15, 0.2) is 0 Å². The number of rotatable bonds is 11. The smallest absolute Gasteiger partial charge is 0.237 e. The van der Waals surface area contributed by atoms with E-state index >= 15 is 0 Å². The van der Waals surface area contributed by atoms with Gasteiger partial charge in [-0.05, 0) is 78.6 Å². The highest BCUT2D eigenvalue weighted by Crippen LogP contribution is 2.33. The Kier molecular flexibility index (Phi) is 7.85. The zero-order chi connectivity index (χ0) is 22.2. The molecule has 1 heterocycles. The van der Waals surface area contributed by atoms with E-state index in [9.17, 15) is 4.79 Å². The maximum absolute atomic E-state index is 12.9. The predicted octanol–water partition coefficient (Wildman–Crippen LogP) is 4.49. The zero-order valence-electron chi connectivity index (χ0n) is 17.8. The largest absolute Gasteiger partial charge is 0.457 e. The normalized spacial score (nSPS) is 15.0. The summed E-state index contributed by atoms with van der Waals surface area (Å²) in [5, 5.41) is 2.98. The maximum atomic E-state index is 12.9. The molecule has 1 amide bonds. The SMILES string of the molecule is [B]C(CC1CC1)NC(=O)[C@H](Cc1ccccc1)NSc1ccc(Oc2ccncc2)cc1. The van der Waals surface area contributed by atoms with Crippen LogP contribution in [0, 0.1) is 5.92 Å². The molecule has 1 saturated carbocycles. The second kappa shape index (κ2) is 11.2. The minimum absolute atomic E-state index is 0.0767. The summed E-state index contributed by atoms with van der Waals surface area (Å²) in [5.41, 5.74) is 1.10. The number of carbonyl (C=O) groups excluding carboxylic acids is 1. The number of carbonyl (C=O) groups is 1. The number of benzene rings is 2. The van der Waals surface area contributed by atoms with Gasteiger partial charge in [-0.25, -0.2) is 4.72 Å². The minimum atomic E-state index is -0.402. The molecule has 5 nitrogen and oxygen atoms in total. The fourth-order valence-electron chi connectivity index (χ4n) is 3.35. The maximum Gasteiger partial charge on any atom is 0.237 e. The average molecular weight is 443 g/mol. The Bertz CT molecular complexity index is 985. The molecule has 0 bridgehead atoms. The molecule has 2 N–H and O–H groups in total. The number of nitrogens with zero attached hydrogens (tertiary/aromatic N) is 1. The Labute approximate surface area is 194 Å². The summed E-state index contributed by atoms with van der Waals surface area (Å²) in [6, 6.07) is 21.0. The molecule has 2 aromatic carbocycles. The molecule has 0 aliphatic heterocycles. The lowest BCUT2D eigenvalue weighted by Gasteiger charge is -2.21. The number of amides is 1. The molecule has 7 heteroatoms. The van der Waals surface area contributed by atoms with Crippen molar-refractivity contribution in [2.24, 2.45) is 5.92 Å². The van der Waals surface area contributed by atoms with Gasteiger partial charge in [0.25, 0.3) is 0 Å². The van der Waals surface area contributed by atoms with Crippen molar-refractivity contribution in [2.45, 2.75) is 42.6 Å². The van der Waals surface area contributed by atoms with Crippen LogP contribution in [0.15, 0.2) is 84.0 Å². The lowest BCUT2D eigenvalue weighted by Crippen LogP contribution is -2.47. The van der Waals surface area contributed by atoms with Crippen LogP contribution in [-0.2, 0) is 11.2 Å². The second-order valence-corrected chi connectivity index (χ2v) is 8.92. The van der Waals surface area contributed by atoms with E-state index in [0.29, 0.717) is 12.3 Å². The Hall–Kier alpha value is -2.77. The fourth-order valence-corrected chi connectivity index (χ4v) is 4.09. The summed E-state index contributed by atoms with van der Waals surface area (Å²) in [6.07, 6.45) is 7.24. The molecule has 0 saturated heterocycles. The van der Waals surface area contributed by atoms with Gasteiger partial charge in [-0.1, -0.05) is 43.2 Å². The zero-order valence-corrected chi connectivity index (χ0v) is 18.6. The number of ether oxygens (including phenoxy) is 1. The van der Waals surface area contributed by atoms with Gasteiger partial charge >= 0.3 is 0 Å². The van der Waals surface area contributed by atoms with Crippen LogP contribution in [0.2, 0.25) is 0 Å². The van der Waals surface area contributed by atoms with Crippen LogP contribution in [0.3, 0.4) is 0 Å².